The number of aromatic hydroxyl groups is 1. The highest BCUT2D eigenvalue weighted by Gasteiger charge is 1.99. The first kappa shape index (κ1) is 9.07. The number of nitriles is 1. The Labute approximate surface area is 75.4 Å². The molecule has 0 unspecified atom stereocenters. The van der Waals surface area contributed by atoms with Gasteiger partial charge in [0.15, 0.2) is 0 Å². The van der Waals surface area contributed by atoms with Crippen molar-refractivity contribution in [1.29, 1.82) is 5.26 Å². The molecule has 4 heteroatoms. The molecule has 66 valence electrons. The van der Waals surface area contributed by atoms with Gasteiger partial charge in [0.2, 0.25) is 5.91 Å². The number of hydrogen-bond acceptors (Lipinski definition) is 3. The third kappa shape index (κ3) is 2.83. The van der Waals surface area contributed by atoms with E-state index in [0.717, 1.165) is 0 Å². The molecule has 1 amide bonds. The fourth-order valence-electron chi connectivity index (χ4n) is 0.822. The van der Waals surface area contributed by atoms with Gasteiger partial charge in [-0.25, -0.2) is 0 Å². The second-order valence-electron chi connectivity index (χ2n) is 2.43. The van der Waals surface area contributed by atoms with Crippen molar-refractivity contribution >= 4 is 11.6 Å². The van der Waals surface area contributed by atoms with Gasteiger partial charge < -0.3 is 10.4 Å². The molecule has 1 rings (SSSR count). The summed E-state index contributed by atoms with van der Waals surface area (Å²) in [6.07, 6.45) is -0.166. The summed E-state index contributed by atoms with van der Waals surface area (Å²) < 4.78 is 0. The van der Waals surface area contributed by atoms with Crippen molar-refractivity contribution < 1.29 is 9.90 Å². The molecule has 13 heavy (non-hydrogen) atoms. The van der Waals surface area contributed by atoms with Gasteiger partial charge in [0.05, 0.1) is 6.07 Å². The Morgan fingerprint density at radius 1 is 1.46 bits per heavy atom. The Bertz CT molecular complexity index is 338. The number of benzene rings is 1. The number of nitrogens with zero attached hydrogens (tertiary/aromatic N) is 1. The molecule has 0 radical (unpaired) electrons. The number of anilines is 1. The standard InChI is InChI=1S/C9H8N2O2/c10-6-5-9(13)11-7-1-3-8(12)4-2-7/h1-4,12H,5H2,(H,11,13). The zero-order valence-electron chi connectivity index (χ0n) is 6.82. The second kappa shape index (κ2) is 4.12. The van der Waals surface area contributed by atoms with Gasteiger partial charge >= 0.3 is 0 Å². The molecule has 0 aliphatic heterocycles. The van der Waals surface area contributed by atoms with Crippen molar-refractivity contribution in [3.63, 3.8) is 0 Å². The van der Waals surface area contributed by atoms with Crippen LogP contribution in [-0.2, 0) is 4.79 Å². The Kier molecular flexibility index (Phi) is 2.87. The summed E-state index contributed by atoms with van der Waals surface area (Å²) in [5, 5.41) is 19.6. The average Bonchev–Trinajstić information content (AvgIpc) is 2.09. The van der Waals surface area contributed by atoms with Crippen LogP contribution < -0.4 is 5.32 Å². The Balaban J connectivity index is 2.60. The average molecular weight is 176 g/mol. The van der Waals surface area contributed by atoms with Crippen LogP contribution in [0.15, 0.2) is 24.3 Å². The Morgan fingerprint density at radius 2 is 2.08 bits per heavy atom. The summed E-state index contributed by atoms with van der Waals surface area (Å²) in [7, 11) is 0. The first-order chi connectivity index (χ1) is 6.22. The summed E-state index contributed by atoms with van der Waals surface area (Å²) in [5.41, 5.74) is 0.568. The molecule has 0 aromatic heterocycles. The number of hydrogen-bond donors (Lipinski definition) is 2. The third-order valence-corrected chi connectivity index (χ3v) is 1.39. The van der Waals surface area contributed by atoms with Gasteiger partial charge in [-0.2, -0.15) is 5.26 Å². The lowest BCUT2D eigenvalue weighted by atomic mass is 10.3. The van der Waals surface area contributed by atoms with Crippen molar-refractivity contribution in [3.8, 4) is 11.8 Å². The predicted molar refractivity (Wildman–Crippen MR) is 47.0 cm³/mol. The summed E-state index contributed by atoms with van der Waals surface area (Å²) >= 11 is 0. The fraction of sp³-hybridized carbons (Fsp3) is 0.111. The van der Waals surface area contributed by atoms with Crippen molar-refractivity contribution in [2.75, 3.05) is 5.32 Å². The van der Waals surface area contributed by atoms with E-state index in [9.17, 15) is 4.79 Å². The van der Waals surface area contributed by atoms with Gasteiger partial charge in [0, 0.05) is 5.69 Å². The van der Waals surface area contributed by atoms with Gasteiger partial charge in [-0.3, -0.25) is 4.79 Å². The number of carbonyl (C=O) groups excluding carboxylic acids is 1. The van der Waals surface area contributed by atoms with Crippen molar-refractivity contribution in [2.45, 2.75) is 6.42 Å². The molecule has 0 aliphatic carbocycles. The number of rotatable bonds is 2. The largest absolute Gasteiger partial charge is 0.508 e. The molecule has 1 aromatic rings. The van der Waals surface area contributed by atoms with E-state index in [-0.39, 0.29) is 18.1 Å². The summed E-state index contributed by atoms with van der Waals surface area (Å²) in [6.45, 7) is 0. The molecule has 2 N–H and O–H groups in total. The molecule has 0 fully saturated rings. The first-order valence-corrected chi connectivity index (χ1v) is 3.68. The van der Waals surface area contributed by atoms with Gasteiger partial charge in [-0.15, -0.1) is 0 Å². The number of phenols is 1. The highest BCUT2D eigenvalue weighted by molar-refractivity contribution is 5.92. The summed E-state index contributed by atoms with van der Waals surface area (Å²) in [4.78, 5) is 10.9. The van der Waals surface area contributed by atoms with E-state index in [4.69, 9.17) is 10.4 Å². The van der Waals surface area contributed by atoms with Crippen LogP contribution in [0.2, 0.25) is 0 Å². The number of phenolic OH excluding ortho intramolecular Hbond substituents is 1. The number of amides is 1. The van der Waals surface area contributed by atoms with Crippen molar-refractivity contribution in [2.24, 2.45) is 0 Å². The minimum atomic E-state index is -0.354. The molecular weight excluding hydrogens is 168 g/mol. The van der Waals surface area contributed by atoms with E-state index in [1.165, 1.54) is 12.1 Å². The van der Waals surface area contributed by atoms with E-state index < -0.39 is 0 Å². The van der Waals surface area contributed by atoms with Gasteiger partial charge in [0.25, 0.3) is 0 Å². The maximum atomic E-state index is 10.9. The fourth-order valence-corrected chi connectivity index (χ4v) is 0.822. The van der Waals surface area contributed by atoms with Crippen LogP contribution >= 0.6 is 0 Å². The summed E-state index contributed by atoms with van der Waals surface area (Å²) in [6, 6.07) is 7.78. The molecule has 0 spiro atoms. The molecule has 1 aromatic carbocycles. The van der Waals surface area contributed by atoms with Crippen LogP contribution in [0.4, 0.5) is 5.69 Å². The van der Waals surface area contributed by atoms with E-state index in [2.05, 4.69) is 5.32 Å². The third-order valence-electron chi connectivity index (χ3n) is 1.39. The van der Waals surface area contributed by atoms with Crippen molar-refractivity contribution in [3.05, 3.63) is 24.3 Å². The van der Waals surface area contributed by atoms with Crippen LogP contribution in [0.5, 0.6) is 5.75 Å². The van der Waals surface area contributed by atoms with Crippen LogP contribution in [0.3, 0.4) is 0 Å². The minimum absolute atomic E-state index is 0.137. The molecule has 0 heterocycles. The highest BCUT2D eigenvalue weighted by Crippen LogP contribution is 2.13. The molecular formula is C9H8N2O2. The minimum Gasteiger partial charge on any atom is -0.508 e. The first-order valence-electron chi connectivity index (χ1n) is 3.68. The predicted octanol–water partition coefficient (Wildman–Crippen LogP) is 1.24. The molecule has 0 bridgehead atoms. The molecule has 0 saturated carbocycles. The SMILES string of the molecule is N#CCC(=O)Nc1ccc(O)cc1. The maximum absolute atomic E-state index is 10.9. The zero-order chi connectivity index (χ0) is 9.68. The normalized spacial score (nSPS) is 8.85. The smallest absolute Gasteiger partial charge is 0.238 e. The lowest BCUT2D eigenvalue weighted by Gasteiger charge is -2.01. The van der Waals surface area contributed by atoms with E-state index in [1.54, 1.807) is 18.2 Å². The van der Waals surface area contributed by atoms with Crippen LogP contribution in [0.1, 0.15) is 6.42 Å². The van der Waals surface area contributed by atoms with Gasteiger partial charge in [-0.05, 0) is 24.3 Å². The topological polar surface area (TPSA) is 73.1 Å². The monoisotopic (exact) mass is 176 g/mol. The lowest BCUT2D eigenvalue weighted by molar-refractivity contribution is -0.115. The van der Waals surface area contributed by atoms with E-state index in [0.29, 0.717) is 5.69 Å². The molecule has 0 aliphatic rings. The van der Waals surface area contributed by atoms with E-state index in [1.807, 2.05) is 0 Å². The number of carbonyl (C=O) groups is 1. The maximum Gasteiger partial charge on any atom is 0.238 e. The highest BCUT2D eigenvalue weighted by atomic mass is 16.3. The second-order valence-corrected chi connectivity index (χ2v) is 2.43. The van der Waals surface area contributed by atoms with Gasteiger partial charge in [0.1, 0.15) is 12.2 Å². The lowest BCUT2D eigenvalue weighted by Crippen LogP contribution is -2.09. The van der Waals surface area contributed by atoms with Crippen molar-refractivity contribution in [1.82, 2.24) is 0 Å². The quantitative estimate of drug-likeness (QED) is 0.666. The Hall–Kier alpha value is -2.02. The molecule has 4 nitrogen and oxygen atoms in total. The number of nitrogens with one attached hydrogen (secondary N) is 1. The molecule has 0 saturated heterocycles. The van der Waals surface area contributed by atoms with Crippen LogP contribution in [0.25, 0.3) is 0 Å². The van der Waals surface area contributed by atoms with Crippen LogP contribution in [-0.4, -0.2) is 11.0 Å². The van der Waals surface area contributed by atoms with Crippen LogP contribution in [0, 0.1) is 11.3 Å². The van der Waals surface area contributed by atoms with E-state index >= 15 is 0 Å². The summed E-state index contributed by atoms with van der Waals surface area (Å²) in [5.74, 6) is -0.216. The van der Waals surface area contributed by atoms with Gasteiger partial charge in [-0.1, -0.05) is 0 Å². The Morgan fingerprint density at radius 3 is 2.62 bits per heavy atom. The molecule has 0 atom stereocenters. The zero-order valence-corrected chi connectivity index (χ0v) is 6.82.